The van der Waals surface area contributed by atoms with Gasteiger partial charge in [-0.2, -0.15) is 0 Å². The van der Waals surface area contributed by atoms with E-state index in [4.69, 9.17) is 10.7 Å². The summed E-state index contributed by atoms with van der Waals surface area (Å²) in [6.07, 6.45) is 5.41. The van der Waals surface area contributed by atoms with Gasteiger partial charge < -0.3 is 16.2 Å². The Kier molecular flexibility index (Phi) is 4.01. The Balaban J connectivity index is 2.00. The fourth-order valence-electron chi connectivity index (χ4n) is 2.47. The predicted molar refractivity (Wildman–Crippen MR) is 83.3 cm³/mol. The standard InChI is InChI=1S/C16H20N4O/c17-7-8-18-14-10-19-16(11-3-1-4-11)20-15(14)12-5-2-6-13(21)9-12/h2,5-6,9-11,18,21H,1,3-4,7-8,17H2. The van der Waals surface area contributed by atoms with E-state index in [2.05, 4.69) is 10.3 Å². The average molecular weight is 284 g/mol. The molecule has 1 saturated carbocycles. The van der Waals surface area contributed by atoms with E-state index in [9.17, 15) is 5.11 Å². The molecule has 110 valence electrons. The maximum atomic E-state index is 9.69. The van der Waals surface area contributed by atoms with E-state index in [-0.39, 0.29) is 5.75 Å². The molecule has 2 aromatic rings. The molecule has 5 nitrogen and oxygen atoms in total. The largest absolute Gasteiger partial charge is 0.508 e. The summed E-state index contributed by atoms with van der Waals surface area (Å²) >= 11 is 0. The Hall–Kier alpha value is -2.14. The zero-order valence-corrected chi connectivity index (χ0v) is 11.9. The van der Waals surface area contributed by atoms with Gasteiger partial charge in [0.25, 0.3) is 0 Å². The van der Waals surface area contributed by atoms with Gasteiger partial charge in [-0.3, -0.25) is 0 Å². The Morgan fingerprint density at radius 2 is 2.19 bits per heavy atom. The lowest BCUT2D eigenvalue weighted by atomic mass is 9.85. The van der Waals surface area contributed by atoms with Crippen molar-refractivity contribution in [3.8, 4) is 17.0 Å². The van der Waals surface area contributed by atoms with E-state index in [0.29, 0.717) is 19.0 Å². The molecule has 5 heteroatoms. The summed E-state index contributed by atoms with van der Waals surface area (Å²) in [4.78, 5) is 9.22. The van der Waals surface area contributed by atoms with Crippen molar-refractivity contribution in [3.05, 3.63) is 36.3 Å². The van der Waals surface area contributed by atoms with Crippen molar-refractivity contribution >= 4 is 5.69 Å². The highest BCUT2D eigenvalue weighted by Crippen LogP contribution is 2.36. The summed E-state index contributed by atoms with van der Waals surface area (Å²) in [5.41, 5.74) is 8.13. The minimum Gasteiger partial charge on any atom is -0.508 e. The molecule has 4 N–H and O–H groups in total. The molecule has 0 amide bonds. The second-order valence-corrected chi connectivity index (χ2v) is 5.38. The first-order valence-corrected chi connectivity index (χ1v) is 7.38. The first-order chi connectivity index (χ1) is 10.3. The minimum absolute atomic E-state index is 0.237. The van der Waals surface area contributed by atoms with Crippen LogP contribution in [0.3, 0.4) is 0 Å². The van der Waals surface area contributed by atoms with Gasteiger partial charge in [-0.15, -0.1) is 0 Å². The molecular formula is C16H20N4O. The summed E-state index contributed by atoms with van der Waals surface area (Å²) in [5.74, 6) is 1.61. The molecule has 0 atom stereocenters. The van der Waals surface area contributed by atoms with Crippen LogP contribution < -0.4 is 11.1 Å². The van der Waals surface area contributed by atoms with Crippen LogP contribution in [0.25, 0.3) is 11.3 Å². The summed E-state index contributed by atoms with van der Waals surface area (Å²) in [5, 5.41) is 12.9. The molecule has 21 heavy (non-hydrogen) atoms. The molecule has 0 aliphatic heterocycles. The number of benzene rings is 1. The van der Waals surface area contributed by atoms with Crippen LogP contribution in [0.2, 0.25) is 0 Å². The Bertz CT molecular complexity index is 625. The molecule has 1 fully saturated rings. The normalized spacial score (nSPS) is 14.7. The number of nitrogens with zero attached hydrogens (tertiary/aromatic N) is 2. The number of phenols is 1. The van der Waals surface area contributed by atoms with Gasteiger partial charge in [0.1, 0.15) is 11.6 Å². The maximum Gasteiger partial charge on any atom is 0.132 e. The van der Waals surface area contributed by atoms with Gasteiger partial charge in [0.15, 0.2) is 0 Å². The minimum atomic E-state index is 0.237. The summed E-state index contributed by atoms with van der Waals surface area (Å²) in [6.45, 7) is 1.21. The van der Waals surface area contributed by atoms with E-state index in [1.165, 1.54) is 6.42 Å². The number of rotatable bonds is 5. The number of hydrogen-bond acceptors (Lipinski definition) is 5. The number of aromatic hydroxyl groups is 1. The quantitative estimate of drug-likeness (QED) is 0.785. The Labute approximate surface area is 124 Å². The molecule has 1 aromatic heterocycles. The van der Waals surface area contributed by atoms with Gasteiger partial charge in [-0.25, -0.2) is 9.97 Å². The molecule has 1 aromatic carbocycles. The molecule has 1 heterocycles. The SMILES string of the molecule is NCCNc1cnc(C2CCC2)nc1-c1cccc(O)c1. The van der Waals surface area contributed by atoms with E-state index < -0.39 is 0 Å². The summed E-state index contributed by atoms with van der Waals surface area (Å²) in [6, 6.07) is 7.15. The molecule has 0 radical (unpaired) electrons. The van der Waals surface area contributed by atoms with Crippen LogP contribution in [0, 0.1) is 0 Å². The number of hydrogen-bond donors (Lipinski definition) is 3. The zero-order chi connectivity index (χ0) is 14.7. The van der Waals surface area contributed by atoms with E-state index in [1.807, 2.05) is 18.3 Å². The topological polar surface area (TPSA) is 84.1 Å². The van der Waals surface area contributed by atoms with Crippen LogP contribution in [0.1, 0.15) is 31.0 Å². The molecule has 0 bridgehead atoms. The monoisotopic (exact) mass is 284 g/mol. The zero-order valence-electron chi connectivity index (χ0n) is 11.9. The highest BCUT2D eigenvalue weighted by Gasteiger charge is 2.23. The Morgan fingerprint density at radius 3 is 2.86 bits per heavy atom. The number of nitrogens with two attached hydrogens (primary N) is 1. The van der Waals surface area contributed by atoms with Crippen LogP contribution in [0.5, 0.6) is 5.75 Å². The summed E-state index contributed by atoms with van der Waals surface area (Å²) in [7, 11) is 0. The van der Waals surface area contributed by atoms with Crippen LogP contribution >= 0.6 is 0 Å². The molecular weight excluding hydrogens is 264 g/mol. The van der Waals surface area contributed by atoms with Crippen molar-refractivity contribution in [2.45, 2.75) is 25.2 Å². The first kappa shape index (κ1) is 13.8. The molecule has 0 saturated heterocycles. The molecule has 0 unspecified atom stereocenters. The van der Waals surface area contributed by atoms with Gasteiger partial charge >= 0.3 is 0 Å². The lowest BCUT2D eigenvalue weighted by molar-refractivity contribution is 0.401. The highest BCUT2D eigenvalue weighted by atomic mass is 16.3. The third-order valence-corrected chi connectivity index (χ3v) is 3.86. The van der Waals surface area contributed by atoms with Crippen LogP contribution in [0.15, 0.2) is 30.5 Å². The third kappa shape index (κ3) is 2.97. The smallest absolute Gasteiger partial charge is 0.132 e. The lowest BCUT2D eigenvalue weighted by Gasteiger charge is -2.24. The second-order valence-electron chi connectivity index (χ2n) is 5.38. The second kappa shape index (κ2) is 6.10. The number of phenolic OH excluding ortho intramolecular Hbond substituents is 1. The Morgan fingerprint density at radius 1 is 1.33 bits per heavy atom. The van der Waals surface area contributed by atoms with Gasteiger partial charge in [0, 0.05) is 24.6 Å². The van der Waals surface area contributed by atoms with Crippen molar-refractivity contribution < 1.29 is 5.11 Å². The maximum absolute atomic E-state index is 9.69. The fourth-order valence-corrected chi connectivity index (χ4v) is 2.47. The number of nitrogens with one attached hydrogen (secondary N) is 1. The van der Waals surface area contributed by atoms with Crippen LogP contribution in [-0.2, 0) is 0 Å². The number of aromatic nitrogens is 2. The van der Waals surface area contributed by atoms with Crippen LogP contribution in [0.4, 0.5) is 5.69 Å². The molecule has 1 aliphatic rings. The first-order valence-electron chi connectivity index (χ1n) is 7.38. The van der Waals surface area contributed by atoms with Crippen molar-refractivity contribution in [2.24, 2.45) is 5.73 Å². The average Bonchev–Trinajstić information content (AvgIpc) is 2.44. The fraction of sp³-hybridized carbons (Fsp3) is 0.375. The molecule has 0 spiro atoms. The third-order valence-electron chi connectivity index (χ3n) is 3.86. The van der Waals surface area contributed by atoms with E-state index in [0.717, 1.165) is 35.6 Å². The van der Waals surface area contributed by atoms with Crippen molar-refractivity contribution in [1.29, 1.82) is 0 Å². The van der Waals surface area contributed by atoms with Gasteiger partial charge in [-0.05, 0) is 25.0 Å². The van der Waals surface area contributed by atoms with Crippen molar-refractivity contribution in [1.82, 2.24) is 9.97 Å². The van der Waals surface area contributed by atoms with E-state index in [1.54, 1.807) is 12.1 Å². The lowest BCUT2D eigenvalue weighted by Crippen LogP contribution is -2.16. The van der Waals surface area contributed by atoms with E-state index >= 15 is 0 Å². The summed E-state index contributed by atoms with van der Waals surface area (Å²) < 4.78 is 0. The van der Waals surface area contributed by atoms with Crippen LogP contribution in [-0.4, -0.2) is 28.2 Å². The van der Waals surface area contributed by atoms with Crippen molar-refractivity contribution in [2.75, 3.05) is 18.4 Å². The van der Waals surface area contributed by atoms with Crippen molar-refractivity contribution in [3.63, 3.8) is 0 Å². The predicted octanol–water partition coefficient (Wildman–Crippen LogP) is 2.49. The van der Waals surface area contributed by atoms with Gasteiger partial charge in [0.2, 0.25) is 0 Å². The van der Waals surface area contributed by atoms with Gasteiger partial charge in [-0.1, -0.05) is 18.6 Å². The molecule has 3 rings (SSSR count). The van der Waals surface area contributed by atoms with Gasteiger partial charge in [0.05, 0.1) is 17.6 Å². The highest BCUT2D eigenvalue weighted by molar-refractivity contribution is 5.74. The molecule has 1 aliphatic carbocycles. The number of anilines is 1.